The van der Waals surface area contributed by atoms with E-state index in [9.17, 15) is 9.59 Å². The molecule has 0 bridgehead atoms. The molecule has 8 nitrogen and oxygen atoms in total. The minimum atomic E-state index is -0.796. The summed E-state index contributed by atoms with van der Waals surface area (Å²) in [6.07, 6.45) is 1.15. The van der Waals surface area contributed by atoms with Crippen molar-refractivity contribution in [3.63, 3.8) is 0 Å². The number of amides is 1. The summed E-state index contributed by atoms with van der Waals surface area (Å²) >= 11 is 6.09. The monoisotopic (exact) mass is 525 g/mol. The van der Waals surface area contributed by atoms with Crippen LogP contribution in [0.3, 0.4) is 0 Å². The van der Waals surface area contributed by atoms with Crippen LogP contribution in [0.1, 0.15) is 71.4 Å². The van der Waals surface area contributed by atoms with Crippen molar-refractivity contribution >= 4 is 29.1 Å². The van der Waals surface area contributed by atoms with Gasteiger partial charge in [-0.2, -0.15) is 5.10 Å². The summed E-state index contributed by atoms with van der Waals surface area (Å²) < 4.78 is 7.31. The minimum absolute atomic E-state index is 0.251. The largest absolute Gasteiger partial charge is 0.444 e. The fourth-order valence-electron chi connectivity index (χ4n) is 4.65. The van der Waals surface area contributed by atoms with Crippen LogP contribution >= 0.6 is 11.6 Å². The van der Waals surface area contributed by atoms with Crippen LogP contribution in [0.5, 0.6) is 0 Å². The molecule has 1 fully saturated rings. The smallest absolute Gasteiger partial charge is 0.411 e. The first kappa shape index (κ1) is 27.1. The number of hydrogen-bond donors (Lipinski definition) is 1. The van der Waals surface area contributed by atoms with Crippen LogP contribution in [-0.4, -0.2) is 61.6 Å². The van der Waals surface area contributed by atoms with Crippen LogP contribution in [0, 0.1) is 0 Å². The molecule has 9 heteroatoms. The van der Waals surface area contributed by atoms with Gasteiger partial charge in [0.05, 0.1) is 11.9 Å². The molecule has 1 atom stereocenters. The van der Waals surface area contributed by atoms with Gasteiger partial charge in [-0.25, -0.2) is 14.3 Å². The Labute approximate surface area is 223 Å². The number of rotatable bonds is 3. The Morgan fingerprint density at radius 1 is 1.11 bits per heavy atom. The van der Waals surface area contributed by atoms with Gasteiger partial charge in [0.2, 0.25) is 5.78 Å². The highest BCUT2D eigenvalue weighted by molar-refractivity contribution is 6.30. The van der Waals surface area contributed by atoms with Crippen LogP contribution in [0.2, 0.25) is 5.02 Å². The van der Waals surface area contributed by atoms with Crippen molar-refractivity contribution in [3.8, 4) is 11.3 Å². The van der Waals surface area contributed by atoms with Crippen molar-refractivity contribution in [1.82, 2.24) is 24.8 Å². The van der Waals surface area contributed by atoms with Gasteiger partial charge in [-0.15, -0.1) is 0 Å². The molecule has 0 aliphatic carbocycles. The average Bonchev–Trinajstić information content (AvgIpc) is 3.20. The van der Waals surface area contributed by atoms with Crippen LogP contribution in [0.25, 0.3) is 16.9 Å². The van der Waals surface area contributed by atoms with Gasteiger partial charge >= 0.3 is 6.09 Å². The molecule has 4 rings (SSSR count). The van der Waals surface area contributed by atoms with Gasteiger partial charge in [-0.3, -0.25) is 9.69 Å². The first-order valence-electron chi connectivity index (χ1n) is 12.5. The van der Waals surface area contributed by atoms with Crippen molar-refractivity contribution in [2.24, 2.45) is 0 Å². The Morgan fingerprint density at radius 3 is 2.35 bits per heavy atom. The molecule has 1 unspecified atom stereocenters. The lowest BCUT2D eigenvalue weighted by Gasteiger charge is -2.45. The number of carbonyl (C=O) groups is 2. The van der Waals surface area contributed by atoms with Gasteiger partial charge < -0.3 is 10.1 Å². The van der Waals surface area contributed by atoms with Crippen molar-refractivity contribution in [1.29, 1.82) is 0 Å². The van der Waals surface area contributed by atoms with Gasteiger partial charge in [0.1, 0.15) is 17.3 Å². The number of fused-ring (bicyclic) bond motifs is 1. The molecule has 1 N–H and O–H groups in total. The average molecular weight is 526 g/mol. The summed E-state index contributed by atoms with van der Waals surface area (Å²) in [6, 6.07) is 8.70. The third-order valence-electron chi connectivity index (χ3n) is 6.43. The predicted octanol–water partition coefficient (Wildman–Crippen LogP) is 5.52. The fourth-order valence-corrected chi connectivity index (χ4v) is 4.78. The van der Waals surface area contributed by atoms with Crippen molar-refractivity contribution < 1.29 is 14.3 Å². The summed E-state index contributed by atoms with van der Waals surface area (Å²) in [5, 5.41) is 8.80. The normalized spacial score (nSPS) is 18.2. The zero-order chi connectivity index (χ0) is 27.3. The lowest BCUT2D eigenvalue weighted by Crippen LogP contribution is -2.68. The summed E-state index contributed by atoms with van der Waals surface area (Å²) in [5.74, 6) is -0.263. The lowest BCUT2D eigenvalue weighted by atomic mass is 9.86. The molecule has 0 saturated carbocycles. The van der Waals surface area contributed by atoms with E-state index in [2.05, 4.69) is 26.1 Å². The van der Waals surface area contributed by atoms with E-state index in [0.29, 0.717) is 23.8 Å². The molecular weight excluding hydrogens is 490 g/mol. The number of benzene rings is 1. The Balaban J connectivity index is 1.80. The second-order valence-electron chi connectivity index (χ2n) is 12.2. The van der Waals surface area contributed by atoms with E-state index < -0.39 is 23.3 Å². The lowest BCUT2D eigenvalue weighted by molar-refractivity contribution is -0.00132. The molecular formula is C28H36ClN5O3. The SMILES string of the molecule is CC(C)(C)OC(=O)N1CCNC(C)(C)C1C(=O)c1cn2nc(-c3ccc(Cl)cc3)cc(C(C)(C)C)c2n1. The summed E-state index contributed by atoms with van der Waals surface area (Å²) in [5.41, 5.74) is 1.86. The molecule has 0 radical (unpaired) electrons. The van der Waals surface area contributed by atoms with Crippen molar-refractivity contribution in [2.45, 2.75) is 78.0 Å². The first-order chi connectivity index (χ1) is 17.1. The maximum Gasteiger partial charge on any atom is 0.411 e. The predicted molar refractivity (Wildman–Crippen MR) is 145 cm³/mol. The maximum absolute atomic E-state index is 14.0. The van der Waals surface area contributed by atoms with Crippen LogP contribution in [-0.2, 0) is 10.2 Å². The molecule has 1 saturated heterocycles. The van der Waals surface area contributed by atoms with E-state index in [1.807, 2.05) is 65.0 Å². The molecule has 1 aromatic carbocycles. The number of hydrogen-bond acceptors (Lipinski definition) is 6. The number of nitrogens with zero attached hydrogens (tertiary/aromatic N) is 4. The molecule has 37 heavy (non-hydrogen) atoms. The topological polar surface area (TPSA) is 88.8 Å². The number of halogens is 1. The van der Waals surface area contributed by atoms with E-state index in [-0.39, 0.29) is 16.9 Å². The van der Waals surface area contributed by atoms with Gasteiger partial charge in [0.25, 0.3) is 0 Å². The summed E-state index contributed by atoms with van der Waals surface area (Å²) in [6.45, 7) is 16.5. The van der Waals surface area contributed by atoms with Crippen LogP contribution < -0.4 is 5.32 Å². The second kappa shape index (κ2) is 9.40. The third-order valence-corrected chi connectivity index (χ3v) is 6.68. The Bertz CT molecular complexity index is 1330. The molecule has 1 amide bonds. The molecule has 1 aliphatic rings. The highest BCUT2D eigenvalue weighted by atomic mass is 35.5. The number of ether oxygens (including phenoxy) is 1. The molecule has 0 spiro atoms. The Morgan fingerprint density at radius 2 is 1.76 bits per heavy atom. The third kappa shape index (κ3) is 5.65. The molecule has 198 valence electrons. The number of aromatic nitrogens is 3. The summed E-state index contributed by atoms with van der Waals surface area (Å²) in [7, 11) is 0. The number of carbonyl (C=O) groups excluding carboxylic acids is 2. The minimum Gasteiger partial charge on any atom is -0.444 e. The Kier molecular flexibility index (Phi) is 6.88. The highest BCUT2D eigenvalue weighted by Gasteiger charge is 2.46. The number of imidazole rings is 1. The van der Waals surface area contributed by atoms with E-state index in [1.165, 1.54) is 4.90 Å². The zero-order valence-corrected chi connectivity index (χ0v) is 23.6. The highest BCUT2D eigenvalue weighted by Crippen LogP contribution is 2.31. The second-order valence-corrected chi connectivity index (χ2v) is 12.6. The van der Waals surface area contributed by atoms with Gasteiger partial charge in [-0.1, -0.05) is 44.5 Å². The molecule has 3 heterocycles. The van der Waals surface area contributed by atoms with Gasteiger partial charge in [0, 0.05) is 34.8 Å². The molecule has 1 aliphatic heterocycles. The van der Waals surface area contributed by atoms with Crippen LogP contribution in [0.4, 0.5) is 4.79 Å². The van der Waals surface area contributed by atoms with Crippen molar-refractivity contribution in [2.75, 3.05) is 13.1 Å². The van der Waals surface area contributed by atoms with E-state index >= 15 is 0 Å². The number of nitrogens with one attached hydrogen (secondary N) is 1. The van der Waals surface area contributed by atoms with Gasteiger partial charge in [0.15, 0.2) is 5.65 Å². The quantitative estimate of drug-likeness (QED) is 0.453. The van der Waals surface area contributed by atoms with Crippen molar-refractivity contribution in [3.05, 3.63) is 52.8 Å². The number of piperazine rings is 1. The number of ketones is 1. The number of Topliss-reactive ketones (excluding diaryl/α,β-unsaturated/α-hetero) is 1. The maximum atomic E-state index is 14.0. The Hall–Kier alpha value is -2.97. The first-order valence-corrected chi connectivity index (χ1v) is 12.9. The van der Waals surface area contributed by atoms with Crippen LogP contribution in [0.15, 0.2) is 36.5 Å². The standard InChI is InChI=1S/C28H36ClN5O3/c1-26(2,3)19-15-20(17-9-11-18(29)12-10-17)32-34-16-21(31-24(19)34)22(35)23-28(7,8)30-13-14-33(23)25(36)37-27(4,5)6/h9-12,15-16,23,30H,13-14H2,1-8H3. The van der Waals surface area contributed by atoms with E-state index in [0.717, 1.165) is 16.8 Å². The zero-order valence-electron chi connectivity index (χ0n) is 22.8. The van der Waals surface area contributed by atoms with Gasteiger partial charge in [-0.05, 0) is 58.2 Å². The summed E-state index contributed by atoms with van der Waals surface area (Å²) in [4.78, 5) is 33.4. The molecule has 2 aromatic heterocycles. The van der Waals surface area contributed by atoms with E-state index in [1.54, 1.807) is 10.7 Å². The van der Waals surface area contributed by atoms with E-state index in [4.69, 9.17) is 26.4 Å². The fraction of sp³-hybridized carbons (Fsp3) is 0.500. The molecule has 3 aromatic rings.